The van der Waals surface area contributed by atoms with Crippen molar-refractivity contribution in [2.45, 2.75) is 20.0 Å². The first-order valence-electron chi connectivity index (χ1n) is 6.25. The van der Waals surface area contributed by atoms with E-state index in [1.165, 1.54) is 16.8 Å². The molecule has 0 radical (unpaired) electrons. The molecule has 20 heavy (non-hydrogen) atoms. The summed E-state index contributed by atoms with van der Waals surface area (Å²) >= 11 is 0. The van der Waals surface area contributed by atoms with Gasteiger partial charge in [0, 0.05) is 30.7 Å². The van der Waals surface area contributed by atoms with Crippen molar-refractivity contribution in [1.82, 2.24) is 14.3 Å². The van der Waals surface area contributed by atoms with E-state index in [1.807, 2.05) is 0 Å². The number of ether oxygens (including phenoxy) is 1. The van der Waals surface area contributed by atoms with Crippen molar-refractivity contribution < 1.29 is 9.53 Å². The van der Waals surface area contributed by atoms with E-state index < -0.39 is 5.97 Å². The van der Waals surface area contributed by atoms with Crippen LogP contribution in [0.25, 0.3) is 0 Å². The van der Waals surface area contributed by atoms with Gasteiger partial charge in [0.2, 0.25) is 0 Å². The van der Waals surface area contributed by atoms with E-state index >= 15 is 0 Å². The number of anilines is 1. The highest BCUT2D eigenvalue weighted by molar-refractivity contribution is 5.88. The fraction of sp³-hybridized carbons (Fsp3) is 0.308. The molecule has 0 aromatic carbocycles. The standard InChI is InChI=1S/C13H16N4O3/c1-2-20-13(19)10-7-15-17(8-10)6-5-16-9-11(14)3-4-12(16)18/h3-4,7-9H,2,5-6,14H2,1H3. The van der Waals surface area contributed by atoms with Crippen LogP contribution in [-0.2, 0) is 17.8 Å². The third-order valence-electron chi connectivity index (χ3n) is 2.72. The topological polar surface area (TPSA) is 92.1 Å². The van der Waals surface area contributed by atoms with Gasteiger partial charge in [0.15, 0.2) is 0 Å². The van der Waals surface area contributed by atoms with Gasteiger partial charge in [-0.1, -0.05) is 0 Å². The highest BCUT2D eigenvalue weighted by Gasteiger charge is 2.09. The quantitative estimate of drug-likeness (QED) is 0.803. The molecule has 0 unspecified atom stereocenters. The maximum atomic E-state index is 11.6. The molecular weight excluding hydrogens is 260 g/mol. The Balaban J connectivity index is 2.03. The van der Waals surface area contributed by atoms with Crippen LogP contribution < -0.4 is 11.3 Å². The Morgan fingerprint density at radius 3 is 2.90 bits per heavy atom. The fourth-order valence-corrected chi connectivity index (χ4v) is 1.74. The Kier molecular flexibility index (Phi) is 4.19. The van der Waals surface area contributed by atoms with Gasteiger partial charge < -0.3 is 15.0 Å². The number of esters is 1. The minimum atomic E-state index is -0.403. The van der Waals surface area contributed by atoms with E-state index in [9.17, 15) is 9.59 Å². The molecule has 0 spiro atoms. The summed E-state index contributed by atoms with van der Waals surface area (Å²) < 4.78 is 7.96. The number of aryl methyl sites for hydroxylation is 2. The van der Waals surface area contributed by atoms with Crippen LogP contribution in [0, 0.1) is 0 Å². The Morgan fingerprint density at radius 1 is 1.35 bits per heavy atom. The number of nitrogens with zero attached hydrogens (tertiary/aromatic N) is 3. The summed E-state index contributed by atoms with van der Waals surface area (Å²) in [4.78, 5) is 23.1. The van der Waals surface area contributed by atoms with E-state index in [1.54, 1.807) is 30.1 Å². The number of carbonyl (C=O) groups excluding carboxylic acids is 1. The molecule has 7 nitrogen and oxygen atoms in total. The average molecular weight is 276 g/mol. The van der Waals surface area contributed by atoms with Crippen molar-refractivity contribution in [3.8, 4) is 0 Å². The minimum absolute atomic E-state index is 0.128. The Bertz CT molecular complexity index is 660. The van der Waals surface area contributed by atoms with Gasteiger partial charge >= 0.3 is 5.97 Å². The lowest BCUT2D eigenvalue weighted by molar-refractivity contribution is 0.0526. The first-order chi connectivity index (χ1) is 9.60. The first kappa shape index (κ1) is 13.9. The van der Waals surface area contributed by atoms with Crippen LogP contribution in [0.2, 0.25) is 0 Å². The van der Waals surface area contributed by atoms with Crippen molar-refractivity contribution in [3.63, 3.8) is 0 Å². The second-order valence-electron chi connectivity index (χ2n) is 4.21. The molecule has 0 amide bonds. The van der Waals surface area contributed by atoms with Crippen LogP contribution >= 0.6 is 0 Å². The molecule has 0 aliphatic carbocycles. The van der Waals surface area contributed by atoms with Gasteiger partial charge in [0.25, 0.3) is 5.56 Å². The van der Waals surface area contributed by atoms with Gasteiger partial charge in [-0.15, -0.1) is 0 Å². The van der Waals surface area contributed by atoms with Crippen LogP contribution in [0.3, 0.4) is 0 Å². The molecule has 0 atom stereocenters. The lowest BCUT2D eigenvalue weighted by Crippen LogP contribution is -2.21. The molecule has 0 fully saturated rings. The molecule has 0 bridgehead atoms. The smallest absolute Gasteiger partial charge is 0.341 e. The number of rotatable bonds is 5. The summed E-state index contributed by atoms with van der Waals surface area (Å²) in [6.07, 6.45) is 4.62. The largest absolute Gasteiger partial charge is 0.462 e. The summed E-state index contributed by atoms with van der Waals surface area (Å²) in [6.45, 7) is 2.95. The maximum absolute atomic E-state index is 11.6. The summed E-state index contributed by atoms with van der Waals surface area (Å²) in [5.74, 6) is -0.403. The number of carbonyl (C=O) groups is 1. The highest BCUT2D eigenvalue weighted by atomic mass is 16.5. The number of hydrogen-bond donors (Lipinski definition) is 1. The van der Waals surface area contributed by atoms with Crippen LogP contribution in [0.15, 0.2) is 35.5 Å². The van der Waals surface area contributed by atoms with E-state index in [4.69, 9.17) is 10.5 Å². The first-order valence-corrected chi connectivity index (χ1v) is 6.25. The number of nitrogens with two attached hydrogens (primary N) is 1. The van der Waals surface area contributed by atoms with E-state index in [0.717, 1.165) is 0 Å². The second kappa shape index (κ2) is 6.05. The van der Waals surface area contributed by atoms with Gasteiger partial charge in [-0.3, -0.25) is 9.48 Å². The molecule has 0 aliphatic heterocycles. The summed E-state index contributed by atoms with van der Waals surface area (Å²) in [5, 5.41) is 4.06. The molecule has 0 saturated carbocycles. The Morgan fingerprint density at radius 2 is 2.15 bits per heavy atom. The van der Waals surface area contributed by atoms with Gasteiger partial charge in [-0.2, -0.15) is 5.10 Å². The third-order valence-corrected chi connectivity index (χ3v) is 2.72. The molecule has 0 saturated heterocycles. The maximum Gasteiger partial charge on any atom is 0.341 e. The normalized spacial score (nSPS) is 10.4. The molecule has 2 aromatic rings. The Labute approximate surface area is 115 Å². The molecule has 7 heteroatoms. The van der Waals surface area contributed by atoms with Crippen molar-refractivity contribution in [2.24, 2.45) is 0 Å². The van der Waals surface area contributed by atoms with Crippen molar-refractivity contribution in [2.75, 3.05) is 12.3 Å². The average Bonchev–Trinajstić information content (AvgIpc) is 2.89. The second-order valence-corrected chi connectivity index (χ2v) is 4.21. The van der Waals surface area contributed by atoms with Crippen molar-refractivity contribution in [3.05, 3.63) is 46.6 Å². The van der Waals surface area contributed by atoms with E-state index in [0.29, 0.717) is 30.9 Å². The predicted molar refractivity (Wildman–Crippen MR) is 73.3 cm³/mol. The Hall–Kier alpha value is -2.57. The highest BCUT2D eigenvalue weighted by Crippen LogP contribution is 2.02. The molecular formula is C13H16N4O3. The van der Waals surface area contributed by atoms with E-state index in [2.05, 4.69) is 5.10 Å². The number of pyridine rings is 1. The summed E-state index contributed by atoms with van der Waals surface area (Å²) in [7, 11) is 0. The van der Waals surface area contributed by atoms with Gasteiger partial charge in [-0.25, -0.2) is 4.79 Å². The zero-order chi connectivity index (χ0) is 14.5. The number of hydrogen-bond acceptors (Lipinski definition) is 5. The molecule has 2 rings (SSSR count). The van der Waals surface area contributed by atoms with Crippen LogP contribution in [0.5, 0.6) is 0 Å². The van der Waals surface area contributed by atoms with Crippen LogP contribution in [-0.4, -0.2) is 26.9 Å². The predicted octanol–water partition coefficient (Wildman–Crippen LogP) is 0.504. The molecule has 2 aromatic heterocycles. The molecule has 2 heterocycles. The van der Waals surface area contributed by atoms with Crippen LogP contribution in [0.1, 0.15) is 17.3 Å². The third kappa shape index (κ3) is 3.25. The monoisotopic (exact) mass is 276 g/mol. The van der Waals surface area contributed by atoms with E-state index in [-0.39, 0.29) is 5.56 Å². The van der Waals surface area contributed by atoms with Crippen molar-refractivity contribution >= 4 is 11.7 Å². The SMILES string of the molecule is CCOC(=O)c1cnn(CCn2cc(N)ccc2=O)c1. The fourth-order valence-electron chi connectivity index (χ4n) is 1.74. The number of nitrogen functional groups attached to an aromatic ring is 1. The van der Waals surface area contributed by atoms with Crippen molar-refractivity contribution in [1.29, 1.82) is 0 Å². The molecule has 106 valence electrons. The zero-order valence-electron chi connectivity index (χ0n) is 11.2. The lowest BCUT2D eigenvalue weighted by Gasteiger charge is -2.06. The molecule has 0 aliphatic rings. The lowest BCUT2D eigenvalue weighted by atomic mass is 10.4. The van der Waals surface area contributed by atoms with Gasteiger partial charge in [0.1, 0.15) is 0 Å². The number of aromatic nitrogens is 3. The minimum Gasteiger partial charge on any atom is -0.462 e. The summed E-state index contributed by atoms with van der Waals surface area (Å²) in [5.41, 5.74) is 6.42. The van der Waals surface area contributed by atoms with Gasteiger partial charge in [-0.05, 0) is 13.0 Å². The summed E-state index contributed by atoms with van der Waals surface area (Å²) in [6, 6.07) is 2.98. The van der Waals surface area contributed by atoms with Crippen LogP contribution in [0.4, 0.5) is 5.69 Å². The molecule has 2 N–H and O–H groups in total. The zero-order valence-corrected chi connectivity index (χ0v) is 11.2. The van der Waals surface area contributed by atoms with Gasteiger partial charge in [0.05, 0.1) is 24.9 Å².